The topological polar surface area (TPSA) is 26.2 Å². The van der Waals surface area contributed by atoms with E-state index in [1.54, 1.807) is 0 Å². The Morgan fingerprint density at radius 3 is 2.94 bits per heavy atom. The molecule has 1 aliphatic heterocycles. The van der Waals surface area contributed by atoms with Crippen molar-refractivity contribution in [3.63, 3.8) is 0 Å². The second-order valence-electron chi connectivity index (χ2n) is 4.71. The minimum atomic E-state index is 0.441. The Labute approximate surface area is 97.8 Å². The van der Waals surface area contributed by atoms with E-state index in [-0.39, 0.29) is 0 Å². The van der Waals surface area contributed by atoms with Crippen LogP contribution in [0, 0.1) is 5.92 Å². The quantitative estimate of drug-likeness (QED) is 0.845. The third kappa shape index (κ3) is 2.86. The molecule has 0 bridgehead atoms. The van der Waals surface area contributed by atoms with Crippen LogP contribution in [0.3, 0.4) is 0 Å². The minimum Gasteiger partial charge on any atom is -0.381 e. The molecule has 0 amide bonds. The van der Waals surface area contributed by atoms with Crippen LogP contribution >= 0.6 is 0 Å². The molecule has 3 nitrogen and oxygen atoms in total. The molecule has 2 heterocycles. The summed E-state index contributed by atoms with van der Waals surface area (Å²) in [5.74, 6) is 0.791. The van der Waals surface area contributed by atoms with Gasteiger partial charge in [0.1, 0.15) is 0 Å². The van der Waals surface area contributed by atoms with Crippen molar-refractivity contribution in [2.45, 2.75) is 32.4 Å². The minimum absolute atomic E-state index is 0.441. The summed E-state index contributed by atoms with van der Waals surface area (Å²) < 4.78 is 7.70. The molecule has 0 aromatic carbocycles. The molecule has 1 unspecified atom stereocenters. The summed E-state index contributed by atoms with van der Waals surface area (Å²) in [6.45, 7) is 5.20. The maximum atomic E-state index is 5.38. The highest BCUT2D eigenvalue weighted by atomic mass is 16.5. The molecule has 1 N–H and O–H groups in total. The van der Waals surface area contributed by atoms with Crippen LogP contribution in [0.2, 0.25) is 0 Å². The van der Waals surface area contributed by atoms with E-state index in [1.165, 1.54) is 18.4 Å². The predicted molar refractivity (Wildman–Crippen MR) is 65.4 cm³/mol. The lowest BCUT2D eigenvalue weighted by molar-refractivity contribution is 0.0613. The summed E-state index contributed by atoms with van der Waals surface area (Å²) in [6.07, 6.45) is 6.86. The lowest BCUT2D eigenvalue weighted by atomic mass is 10.0. The zero-order valence-corrected chi connectivity index (χ0v) is 10.3. The van der Waals surface area contributed by atoms with Gasteiger partial charge in [0.25, 0.3) is 0 Å². The molecule has 0 saturated carbocycles. The third-order valence-electron chi connectivity index (χ3n) is 3.52. The van der Waals surface area contributed by atoms with Gasteiger partial charge in [-0.15, -0.1) is 0 Å². The van der Waals surface area contributed by atoms with Crippen molar-refractivity contribution in [2.75, 3.05) is 20.3 Å². The van der Waals surface area contributed by atoms with Crippen molar-refractivity contribution in [1.29, 1.82) is 0 Å². The fourth-order valence-corrected chi connectivity index (χ4v) is 2.22. The highest BCUT2D eigenvalue weighted by Gasteiger charge is 2.14. The molecule has 90 valence electrons. The van der Waals surface area contributed by atoms with E-state index < -0.39 is 0 Å². The van der Waals surface area contributed by atoms with Crippen LogP contribution < -0.4 is 5.32 Å². The van der Waals surface area contributed by atoms with Crippen molar-refractivity contribution < 1.29 is 4.74 Å². The van der Waals surface area contributed by atoms with E-state index in [1.807, 2.05) is 7.05 Å². The maximum Gasteiger partial charge on any atom is 0.0469 e. The number of rotatable bonds is 4. The van der Waals surface area contributed by atoms with E-state index in [9.17, 15) is 0 Å². The zero-order chi connectivity index (χ0) is 11.4. The van der Waals surface area contributed by atoms with Crippen LogP contribution in [0.4, 0.5) is 0 Å². The van der Waals surface area contributed by atoms with Crippen molar-refractivity contribution in [3.05, 3.63) is 24.0 Å². The fourth-order valence-electron chi connectivity index (χ4n) is 2.22. The van der Waals surface area contributed by atoms with Gasteiger partial charge in [-0.05, 0) is 44.4 Å². The van der Waals surface area contributed by atoms with E-state index >= 15 is 0 Å². The van der Waals surface area contributed by atoms with Gasteiger partial charge >= 0.3 is 0 Å². The summed E-state index contributed by atoms with van der Waals surface area (Å²) in [6, 6.07) is 2.65. The molecule has 2 rings (SSSR count). The number of ether oxygens (including phenoxy) is 1. The van der Waals surface area contributed by atoms with E-state index in [2.05, 4.69) is 35.3 Å². The van der Waals surface area contributed by atoms with Crippen molar-refractivity contribution in [2.24, 2.45) is 5.92 Å². The Balaban J connectivity index is 1.91. The third-order valence-corrected chi connectivity index (χ3v) is 3.52. The molecule has 1 saturated heterocycles. The van der Waals surface area contributed by atoms with Crippen LogP contribution in [-0.2, 0) is 11.3 Å². The summed E-state index contributed by atoms with van der Waals surface area (Å²) in [5.41, 5.74) is 1.37. The smallest absolute Gasteiger partial charge is 0.0469 e. The van der Waals surface area contributed by atoms with E-state index in [0.29, 0.717) is 6.04 Å². The monoisotopic (exact) mass is 222 g/mol. The van der Waals surface area contributed by atoms with Gasteiger partial charge in [-0.2, -0.15) is 0 Å². The Bertz CT molecular complexity index is 315. The van der Waals surface area contributed by atoms with Gasteiger partial charge in [0.15, 0.2) is 0 Å². The number of nitrogens with one attached hydrogen (secondary N) is 1. The van der Waals surface area contributed by atoms with Gasteiger partial charge in [0.05, 0.1) is 0 Å². The van der Waals surface area contributed by atoms with Crippen LogP contribution in [0.5, 0.6) is 0 Å². The average molecular weight is 222 g/mol. The molecule has 3 heteroatoms. The first kappa shape index (κ1) is 11.7. The highest BCUT2D eigenvalue weighted by Crippen LogP contribution is 2.19. The Morgan fingerprint density at radius 2 is 2.25 bits per heavy atom. The van der Waals surface area contributed by atoms with Gasteiger partial charge in [0.2, 0.25) is 0 Å². The predicted octanol–water partition coefficient (Wildman–Crippen LogP) is 2.20. The Hall–Kier alpha value is -0.800. The fraction of sp³-hybridized carbons (Fsp3) is 0.692. The lowest BCUT2D eigenvalue weighted by Crippen LogP contribution is -2.19. The molecule has 0 aliphatic carbocycles. The molecule has 0 spiro atoms. The molecule has 1 fully saturated rings. The SMILES string of the molecule is CNC(C)c1ccn(CC2CCOCC2)c1. The standard InChI is InChI=1S/C13H22N2O/c1-11(14-2)13-3-6-15(10-13)9-12-4-7-16-8-5-12/h3,6,10-12,14H,4-5,7-9H2,1-2H3. The van der Waals surface area contributed by atoms with Gasteiger partial charge in [0, 0.05) is 38.2 Å². The molecule has 1 aromatic rings. The van der Waals surface area contributed by atoms with Crippen LogP contribution in [-0.4, -0.2) is 24.8 Å². The normalized spacial score (nSPS) is 19.9. The van der Waals surface area contributed by atoms with Gasteiger partial charge in [-0.25, -0.2) is 0 Å². The number of hydrogen-bond acceptors (Lipinski definition) is 2. The largest absolute Gasteiger partial charge is 0.381 e. The second kappa shape index (κ2) is 5.51. The van der Waals surface area contributed by atoms with Gasteiger partial charge < -0.3 is 14.6 Å². The maximum absolute atomic E-state index is 5.38. The summed E-state index contributed by atoms with van der Waals surface area (Å²) in [4.78, 5) is 0. The number of aromatic nitrogens is 1. The summed E-state index contributed by atoms with van der Waals surface area (Å²) >= 11 is 0. The molecule has 16 heavy (non-hydrogen) atoms. The van der Waals surface area contributed by atoms with Crippen molar-refractivity contribution in [3.8, 4) is 0 Å². The molecular formula is C13H22N2O. The highest BCUT2D eigenvalue weighted by molar-refractivity contribution is 5.14. The van der Waals surface area contributed by atoms with Crippen LogP contribution in [0.15, 0.2) is 18.5 Å². The van der Waals surface area contributed by atoms with Crippen LogP contribution in [0.25, 0.3) is 0 Å². The van der Waals surface area contributed by atoms with Crippen molar-refractivity contribution >= 4 is 0 Å². The zero-order valence-electron chi connectivity index (χ0n) is 10.3. The molecular weight excluding hydrogens is 200 g/mol. The average Bonchev–Trinajstić information content (AvgIpc) is 2.78. The van der Waals surface area contributed by atoms with Gasteiger partial charge in [-0.1, -0.05) is 0 Å². The lowest BCUT2D eigenvalue weighted by Gasteiger charge is -2.22. The molecule has 0 radical (unpaired) electrons. The van der Waals surface area contributed by atoms with Crippen molar-refractivity contribution in [1.82, 2.24) is 9.88 Å². The molecule has 1 aliphatic rings. The number of nitrogens with zero attached hydrogens (tertiary/aromatic N) is 1. The first-order valence-corrected chi connectivity index (χ1v) is 6.20. The Kier molecular flexibility index (Phi) is 4.02. The summed E-state index contributed by atoms with van der Waals surface area (Å²) in [5, 5.41) is 3.26. The molecule has 1 atom stereocenters. The first-order chi connectivity index (χ1) is 7.79. The Morgan fingerprint density at radius 1 is 1.50 bits per heavy atom. The molecule has 1 aromatic heterocycles. The second-order valence-corrected chi connectivity index (χ2v) is 4.71. The van der Waals surface area contributed by atoms with E-state index in [4.69, 9.17) is 4.74 Å². The first-order valence-electron chi connectivity index (χ1n) is 6.20. The van der Waals surface area contributed by atoms with Gasteiger partial charge in [-0.3, -0.25) is 0 Å². The van der Waals surface area contributed by atoms with E-state index in [0.717, 1.165) is 25.7 Å². The summed E-state index contributed by atoms with van der Waals surface area (Å²) in [7, 11) is 2.00. The van der Waals surface area contributed by atoms with Crippen LogP contribution in [0.1, 0.15) is 31.4 Å². The number of hydrogen-bond donors (Lipinski definition) is 1.